The number of benzene rings is 2. The molecule has 3 aromatic rings. The molecule has 0 saturated heterocycles. The Bertz CT molecular complexity index is 789. The van der Waals surface area contributed by atoms with Crippen molar-refractivity contribution >= 4 is 11.6 Å². The van der Waals surface area contributed by atoms with Crippen molar-refractivity contribution in [3.8, 4) is 11.5 Å². The maximum Gasteiger partial charge on any atom is 0.261 e. The molecule has 2 aromatic carbocycles. The van der Waals surface area contributed by atoms with Crippen molar-refractivity contribution in [3.63, 3.8) is 0 Å². The summed E-state index contributed by atoms with van der Waals surface area (Å²) in [5.41, 5.74) is 1.72. The number of hydrogen-bond acceptors (Lipinski definition) is 4. The van der Waals surface area contributed by atoms with E-state index in [0.29, 0.717) is 28.5 Å². The number of anilines is 1. The Morgan fingerprint density at radius 3 is 2.26 bits per heavy atom. The highest BCUT2D eigenvalue weighted by Gasteiger charge is 2.17. The predicted molar refractivity (Wildman–Crippen MR) is 86.9 cm³/mol. The van der Waals surface area contributed by atoms with Gasteiger partial charge in [-0.25, -0.2) is 0 Å². The van der Waals surface area contributed by atoms with Gasteiger partial charge in [0.05, 0.1) is 5.69 Å². The Morgan fingerprint density at radius 2 is 1.65 bits per heavy atom. The summed E-state index contributed by atoms with van der Waals surface area (Å²) < 4.78 is 10.7. The molecule has 1 N–H and O–H groups in total. The normalized spacial score (nSPS) is 10.3. The van der Waals surface area contributed by atoms with Crippen molar-refractivity contribution in [2.24, 2.45) is 0 Å². The average Bonchev–Trinajstić information content (AvgIpc) is 2.89. The van der Waals surface area contributed by atoms with Crippen LogP contribution in [0.5, 0.6) is 11.5 Å². The Labute approximate surface area is 133 Å². The number of para-hydroxylation sites is 1. The van der Waals surface area contributed by atoms with E-state index in [1.807, 2.05) is 30.3 Å². The molecule has 0 aliphatic carbocycles. The molecule has 5 nitrogen and oxygen atoms in total. The third-order valence-electron chi connectivity index (χ3n) is 3.35. The van der Waals surface area contributed by atoms with Crippen LogP contribution in [0, 0.1) is 13.8 Å². The molecular weight excluding hydrogens is 292 g/mol. The minimum Gasteiger partial charge on any atom is -0.457 e. The number of aryl methyl sites for hydroxylation is 2. The molecule has 0 aliphatic rings. The quantitative estimate of drug-likeness (QED) is 0.779. The number of amides is 1. The third-order valence-corrected chi connectivity index (χ3v) is 3.35. The van der Waals surface area contributed by atoms with E-state index in [9.17, 15) is 4.79 Å². The summed E-state index contributed by atoms with van der Waals surface area (Å²) in [6, 6.07) is 16.7. The van der Waals surface area contributed by atoms with Crippen LogP contribution in [0.15, 0.2) is 59.1 Å². The first-order chi connectivity index (χ1) is 11.1. The molecule has 1 amide bonds. The topological polar surface area (TPSA) is 64.4 Å². The number of rotatable bonds is 4. The number of hydrogen-bond donors (Lipinski definition) is 1. The van der Waals surface area contributed by atoms with Crippen molar-refractivity contribution in [2.75, 3.05) is 5.32 Å². The highest BCUT2D eigenvalue weighted by atomic mass is 16.5. The Kier molecular flexibility index (Phi) is 4.10. The highest BCUT2D eigenvalue weighted by molar-refractivity contribution is 6.05. The maximum atomic E-state index is 12.3. The number of nitrogens with one attached hydrogen (secondary N) is 1. The summed E-state index contributed by atoms with van der Waals surface area (Å²) >= 11 is 0. The number of carbonyl (C=O) groups is 1. The van der Waals surface area contributed by atoms with Crippen molar-refractivity contribution in [1.82, 2.24) is 5.16 Å². The van der Waals surface area contributed by atoms with Gasteiger partial charge in [0.25, 0.3) is 5.91 Å². The second-order valence-corrected chi connectivity index (χ2v) is 5.09. The second-order valence-electron chi connectivity index (χ2n) is 5.09. The first-order valence-corrected chi connectivity index (χ1v) is 7.20. The first-order valence-electron chi connectivity index (χ1n) is 7.20. The Balaban J connectivity index is 1.69. The van der Waals surface area contributed by atoms with Gasteiger partial charge in [0.1, 0.15) is 22.8 Å². The molecule has 0 saturated carbocycles. The van der Waals surface area contributed by atoms with Gasteiger partial charge >= 0.3 is 0 Å². The monoisotopic (exact) mass is 308 g/mol. The summed E-state index contributed by atoms with van der Waals surface area (Å²) in [5.74, 6) is 1.73. The van der Waals surface area contributed by atoms with Gasteiger partial charge in [-0.3, -0.25) is 4.79 Å². The van der Waals surface area contributed by atoms with Gasteiger partial charge in [-0.1, -0.05) is 23.4 Å². The SMILES string of the molecule is Cc1noc(C)c1C(=O)Nc1ccc(Oc2ccccc2)cc1. The van der Waals surface area contributed by atoms with E-state index in [1.165, 1.54) is 0 Å². The molecule has 1 heterocycles. The molecule has 0 spiro atoms. The van der Waals surface area contributed by atoms with Crippen molar-refractivity contribution in [2.45, 2.75) is 13.8 Å². The smallest absolute Gasteiger partial charge is 0.261 e. The lowest BCUT2D eigenvalue weighted by atomic mass is 10.2. The second kappa shape index (κ2) is 6.36. The van der Waals surface area contributed by atoms with E-state index in [4.69, 9.17) is 9.26 Å². The van der Waals surface area contributed by atoms with E-state index in [-0.39, 0.29) is 5.91 Å². The van der Waals surface area contributed by atoms with Crippen LogP contribution in [-0.2, 0) is 0 Å². The van der Waals surface area contributed by atoms with Crippen LogP contribution >= 0.6 is 0 Å². The summed E-state index contributed by atoms with van der Waals surface area (Å²) in [4.78, 5) is 12.3. The van der Waals surface area contributed by atoms with Gasteiger partial charge < -0.3 is 14.6 Å². The number of nitrogens with zero attached hydrogens (tertiary/aromatic N) is 1. The molecule has 0 atom stereocenters. The minimum absolute atomic E-state index is 0.238. The minimum atomic E-state index is -0.238. The van der Waals surface area contributed by atoms with E-state index in [1.54, 1.807) is 38.1 Å². The molecule has 0 fully saturated rings. The molecule has 23 heavy (non-hydrogen) atoms. The standard InChI is InChI=1S/C18H16N2O3/c1-12-17(13(2)23-20-12)18(21)19-14-8-10-16(11-9-14)22-15-6-4-3-5-7-15/h3-11H,1-2H3,(H,19,21). The van der Waals surface area contributed by atoms with Crippen molar-refractivity contribution in [1.29, 1.82) is 0 Å². The van der Waals surface area contributed by atoms with Crippen molar-refractivity contribution < 1.29 is 14.1 Å². The summed E-state index contributed by atoms with van der Waals surface area (Å²) in [6.07, 6.45) is 0. The zero-order chi connectivity index (χ0) is 16.2. The van der Waals surface area contributed by atoms with Crippen LogP contribution in [0.2, 0.25) is 0 Å². The predicted octanol–water partition coefficient (Wildman–Crippen LogP) is 4.34. The number of ether oxygens (including phenoxy) is 1. The van der Waals surface area contributed by atoms with Gasteiger partial charge in [0, 0.05) is 5.69 Å². The van der Waals surface area contributed by atoms with Gasteiger partial charge in [0.15, 0.2) is 0 Å². The van der Waals surface area contributed by atoms with E-state index >= 15 is 0 Å². The largest absolute Gasteiger partial charge is 0.457 e. The lowest BCUT2D eigenvalue weighted by Gasteiger charge is -2.08. The van der Waals surface area contributed by atoms with Crippen LogP contribution in [0.4, 0.5) is 5.69 Å². The fourth-order valence-corrected chi connectivity index (χ4v) is 2.23. The van der Waals surface area contributed by atoms with Gasteiger partial charge in [-0.2, -0.15) is 0 Å². The van der Waals surface area contributed by atoms with E-state index in [2.05, 4.69) is 10.5 Å². The zero-order valence-corrected chi connectivity index (χ0v) is 12.9. The van der Waals surface area contributed by atoms with E-state index in [0.717, 1.165) is 5.75 Å². The van der Waals surface area contributed by atoms with Crippen LogP contribution in [0.3, 0.4) is 0 Å². The van der Waals surface area contributed by atoms with Crippen LogP contribution < -0.4 is 10.1 Å². The molecule has 0 aliphatic heterocycles. The fourth-order valence-electron chi connectivity index (χ4n) is 2.23. The highest BCUT2D eigenvalue weighted by Crippen LogP contribution is 2.23. The molecule has 0 unspecified atom stereocenters. The Hall–Kier alpha value is -3.08. The van der Waals surface area contributed by atoms with Gasteiger partial charge in [0.2, 0.25) is 0 Å². The van der Waals surface area contributed by atoms with Crippen LogP contribution in [0.25, 0.3) is 0 Å². The molecule has 3 rings (SSSR count). The average molecular weight is 308 g/mol. The summed E-state index contributed by atoms with van der Waals surface area (Å²) in [7, 11) is 0. The molecule has 116 valence electrons. The van der Waals surface area contributed by atoms with E-state index < -0.39 is 0 Å². The van der Waals surface area contributed by atoms with Crippen LogP contribution in [-0.4, -0.2) is 11.1 Å². The Morgan fingerprint density at radius 1 is 1.00 bits per heavy atom. The molecule has 0 bridgehead atoms. The maximum absolute atomic E-state index is 12.3. The summed E-state index contributed by atoms with van der Waals surface area (Å²) in [5, 5.41) is 6.61. The molecule has 1 aromatic heterocycles. The molecule has 0 radical (unpaired) electrons. The zero-order valence-electron chi connectivity index (χ0n) is 12.9. The first kappa shape index (κ1) is 14.8. The van der Waals surface area contributed by atoms with Crippen molar-refractivity contribution in [3.05, 3.63) is 71.6 Å². The van der Waals surface area contributed by atoms with Gasteiger partial charge in [-0.05, 0) is 50.2 Å². The third kappa shape index (κ3) is 3.40. The number of carbonyl (C=O) groups excluding carboxylic acids is 1. The molecular formula is C18H16N2O3. The lowest BCUT2D eigenvalue weighted by Crippen LogP contribution is -2.13. The van der Waals surface area contributed by atoms with Crippen LogP contribution in [0.1, 0.15) is 21.8 Å². The fraction of sp³-hybridized carbons (Fsp3) is 0.111. The lowest BCUT2D eigenvalue weighted by molar-refractivity contribution is 0.102. The van der Waals surface area contributed by atoms with Gasteiger partial charge in [-0.15, -0.1) is 0 Å². The number of aromatic nitrogens is 1. The molecule has 5 heteroatoms. The summed E-state index contributed by atoms with van der Waals surface area (Å²) in [6.45, 7) is 3.45.